The second-order valence-electron chi connectivity index (χ2n) is 7.94. The van der Waals surface area contributed by atoms with Gasteiger partial charge in [0.2, 0.25) is 0 Å². The normalized spacial score (nSPS) is 19.2. The van der Waals surface area contributed by atoms with Crippen molar-refractivity contribution >= 4 is 30.7 Å². The van der Waals surface area contributed by atoms with Gasteiger partial charge < -0.3 is 15.4 Å². The van der Waals surface area contributed by atoms with Crippen LogP contribution in [0, 0.1) is 0 Å². The zero-order valence-corrected chi connectivity index (χ0v) is 19.3. The minimum absolute atomic E-state index is 0. The fraction of sp³-hybridized carbons (Fsp3) is 0.478. The molecule has 1 aromatic heterocycles. The monoisotopic (exact) mass is 466 g/mol. The molecule has 2 aromatic rings. The van der Waals surface area contributed by atoms with Crippen LogP contribution in [0.2, 0.25) is 0 Å². The molecule has 0 aliphatic carbocycles. The lowest BCUT2D eigenvalue weighted by Gasteiger charge is -2.31. The number of aromatic nitrogens is 1. The standard InChI is InChI=1S/C23H30N4O2.2ClH/c28-23(26-16-19-5-3-13-24-19)18-6-8-21(9-7-18)29-22-10-14-27(15-11-22)17-20-4-1-2-12-25-20;;/h1-2,4,6-9,12,19,22,24H,3,5,10-11,13-17H2,(H,26,28);2*1H/t19-;;/m0../s1. The van der Waals surface area contributed by atoms with E-state index in [0.29, 0.717) is 18.2 Å². The predicted molar refractivity (Wildman–Crippen MR) is 127 cm³/mol. The molecule has 0 saturated carbocycles. The topological polar surface area (TPSA) is 66.5 Å². The fourth-order valence-corrected chi connectivity index (χ4v) is 4.03. The molecule has 31 heavy (non-hydrogen) atoms. The first-order valence-corrected chi connectivity index (χ1v) is 10.7. The van der Waals surface area contributed by atoms with E-state index >= 15 is 0 Å². The molecule has 4 rings (SSSR count). The average molecular weight is 467 g/mol. The molecule has 1 amide bonds. The van der Waals surface area contributed by atoms with E-state index in [9.17, 15) is 4.79 Å². The van der Waals surface area contributed by atoms with Gasteiger partial charge in [-0.3, -0.25) is 14.7 Å². The van der Waals surface area contributed by atoms with Gasteiger partial charge in [-0.15, -0.1) is 24.8 Å². The number of amides is 1. The number of nitrogens with one attached hydrogen (secondary N) is 2. The predicted octanol–water partition coefficient (Wildman–Crippen LogP) is 3.45. The average Bonchev–Trinajstić information content (AvgIpc) is 3.28. The van der Waals surface area contributed by atoms with Gasteiger partial charge in [-0.05, 0) is 68.6 Å². The maximum absolute atomic E-state index is 12.3. The van der Waals surface area contributed by atoms with E-state index in [0.717, 1.165) is 56.9 Å². The molecule has 0 spiro atoms. The van der Waals surface area contributed by atoms with Gasteiger partial charge in [-0.1, -0.05) is 6.07 Å². The second-order valence-corrected chi connectivity index (χ2v) is 7.94. The molecule has 3 heterocycles. The van der Waals surface area contributed by atoms with Crippen molar-refractivity contribution in [1.82, 2.24) is 20.5 Å². The molecule has 2 fully saturated rings. The van der Waals surface area contributed by atoms with Crippen LogP contribution in [0.4, 0.5) is 0 Å². The first-order chi connectivity index (χ1) is 14.3. The first kappa shape index (κ1) is 25.4. The van der Waals surface area contributed by atoms with Crippen LogP contribution in [0.5, 0.6) is 5.75 Å². The molecule has 0 bridgehead atoms. The highest BCUT2D eigenvalue weighted by Gasteiger charge is 2.21. The SMILES string of the molecule is Cl.Cl.O=C(NC[C@@H]1CCCN1)c1ccc(OC2CCN(Cc3ccccn3)CC2)cc1. The number of carbonyl (C=O) groups excluding carboxylic acids is 1. The van der Waals surface area contributed by atoms with Crippen molar-refractivity contribution in [3.63, 3.8) is 0 Å². The van der Waals surface area contributed by atoms with Crippen molar-refractivity contribution < 1.29 is 9.53 Å². The number of carbonyl (C=O) groups is 1. The van der Waals surface area contributed by atoms with Gasteiger partial charge in [-0.2, -0.15) is 0 Å². The lowest BCUT2D eigenvalue weighted by atomic mass is 10.1. The molecule has 2 saturated heterocycles. The zero-order valence-electron chi connectivity index (χ0n) is 17.7. The van der Waals surface area contributed by atoms with Crippen LogP contribution in [0.15, 0.2) is 48.7 Å². The minimum atomic E-state index is -0.0203. The Morgan fingerprint density at radius 1 is 1.10 bits per heavy atom. The summed E-state index contributed by atoms with van der Waals surface area (Å²) < 4.78 is 6.15. The number of pyridine rings is 1. The maximum atomic E-state index is 12.3. The quantitative estimate of drug-likeness (QED) is 0.653. The summed E-state index contributed by atoms with van der Waals surface area (Å²) in [6, 6.07) is 14.0. The summed E-state index contributed by atoms with van der Waals surface area (Å²) in [5, 5.41) is 6.41. The fourth-order valence-electron chi connectivity index (χ4n) is 4.03. The van der Waals surface area contributed by atoms with Crippen molar-refractivity contribution in [3.05, 3.63) is 59.9 Å². The van der Waals surface area contributed by atoms with Gasteiger partial charge in [0.25, 0.3) is 5.91 Å². The summed E-state index contributed by atoms with van der Waals surface area (Å²) in [4.78, 5) is 19.1. The number of piperidine rings is 1. The van der Waals surface area contributed by atoms with E-state index in [2.05, 4.69) is 26.6 Å². The Balaban J connectivity index is 0.00000171. The van der Waals surface area contributed by atoms with E-state index in [4.69, 9.17) is 4.74 Å². The molecule has 2 aliphatic rings. The second kappa shape index (κ2) is 12.9. The summed E-state index contributed by atoms with van der Waals surface area (Å²) in [6.07, 6.45) is 6.40. The molecule has 2 N–H and O–H groups in total. The number of nitrogens with zero attached hydrogens (tertiary/aromatic N) is 2. The van der Waals surface area contributed by atoms with Crippen molar-refractivity contribution in [2.75, 3.05) is 26.2 Å². The van der Waals surface area contributed by atoms with E-state index in [-0.39, 0.29) is 36.8 Å². The molecule has 6 nitrogen and oxygen atoms in total. The van der Waals surface area contributed by atoms with Crippen LogP contribution in [0.1, 0.15) is 41.7 Å². The highest BCUT2D eigenvalue weighted by molar-refractivity contribution is 5.94. The largest absolute Gasteiger partial charge is 0.490 e. The molecular weight excluding hydrogens is 435 g/mol. The van der Waals surface area contributed by atoms with Crippen LogP contribution >= 0.6 is 24.8 Å². The Labute approximate surface area is 197 Å². The summed E-state index contributed by atoms with van der Waals surface area (Å²) >= 11 is 0. The molecule has 0 unspecified atom stereocenters. The van der Waals surface area contributed by atoms with E-state index in [1.807, 2.05) is 42.6 Å². The number of rotatable bonds is 7. The highest BCUT2D eigenvalue weighted by atomic mass is 35.5. The van der Waals surface area contributed by atoms with Crippen molar-refractivity contribution in [2.45, 2.75) is 44.4 Å². The number of likely N-dealkylation sites (tertiary alicyclic amines) is 1. The Morgan fingerprint density at radius 3 is 2.52 bits per heavy atom. The van der Waals surface area contributed by atoms with Gasteiger partial charge in [0.1, 0.15) is 11.9 Å². The first-order valence-electron chi connectivity index (χ1n) is 10.7. The zero-order chi connectivity index (χ0) is 19.9. The number of hydrogen-bond acceptors (Lipinski definition) is 5. The van der Waals surface area contributed by atoms with Gasteiger partial charge >= 0.3 is 0 Å². The summed E-state index contributed by atoms with van der Waals surface area (Å²) in [5.41, 5.74) is 1.80. The van der Waals surface area contributed by atoms with Gasteiger partial charge in [-0.25, -0.2) is 0 Å². The summed E-state index contributed by atoms with van der Waals surface area (Å²) in [5.74, 6) is 0.815. The molecule has 2 aliphatic heterocycles. The number of benzene rings is 1. The van der Waals surface area contributed by atoms with E-state index in [1.54, 1.807) is 0 Å². The highest BCUT2D eigenvalue weighted by Crippen LogP contribution is 2.20. The number of ether oxygens (including phenoxy) is 1. The van der Waals surface area contributed by atoms with Crippen molar-refractivity contribution in [1.29, 1.82) is 0 Å². The molecule has 8 heteroatoms. The third kappa shape index (κ3) is 7.65. The Kier molecular flexibility index (Phi) is 10.5. The maximum Gasteiger partial charge on any atom is 0.251 e. The third-order valence-corrected chi connectivity index (χ3v) is 5.74. The van der Waals surface area contributed by atoms with Crippen LogP contribution in [-0.4, -0.2) is 54.1 Å². The lowest BCUT2D eigenvalue weighted by molar-refractivity contribution is 0.0946. The summed E-state index contributed by atoms with van der Waals surface area (Å²) in [7, 11) is 0. The molecule has 1 aromatic carbocycles. The van der Waals surface area contributed by atoms with Crippen LogP contribution in [0.3, 0.4) is 0 Å². The van der Waals surface area contributed by atoms with Crippen molar-refractivity contribution in [2.24, 2.45) is 0 Å². The molecule has 0 radical (unpaired) electrons. The van der Waals surface area contributed by atoms with Gasteiger partial charge in [0.05, 0.1) is 5.69 Å². The summed E-state index contributed by atoms with van der Waals surface area (Å²) in [6.45, 7) is 4.66. The lowest BCUT2D eigenvalue weighted by Crippen LogP contribution is -2.38. The van der Waals surface area contributed by atoms with Crippen molar-refractivity contribution in [3.8, 4) is 5.75 Å². The van der Waals surface area contributed by atoms with E-state index < -0.39 is 0 Å². The molecule has 1 atom stereocenters. The molecule has 170 valence electrons. The Morgan fingerprint density at radius 2 is 1.87 bits per heavy atom. The van der Waals surface area contributed by atoms with Gasteiger partial charge in [0.15, 0.2) is 0 Å². The van der Waals surface area contributed by atoms with Crippen LogP contribution in [0.25, 0.3) is 0 Å². The minimum Gasteiger partial charge on any atom is -0.490 e. The molecular formula is C23H32Cl2N4O2. The number of halogens is 2. The third-order valence-electron chi connectivity index (χ3n) is 5.74. The Bertz CT molecular complexity index is 778. The van der Waals surface area contributed by atoms with Gasteiger partial charge in [0, 0.05) is 44.0 Å². The smallest absolute Gasteiger partial charge is 0.251 e. The number of hydrogen-bond donors (Lipinski definition) is 2. The Hall–Kier alpha value is -1.86. The van der Waals surface area contributed by atoms with Crippen LogP contribution in [-0.2, 0) is 6.54 Å². The van der Waals surface area contributed by atoms with E-state index in [1.165, 1.54) is 6.42 Å². The van der Waals surface area contributed by atoms with Crippen LogP contribution < -0.4 is 15.4 Å².